The first-order chi connectivity index (χ1) is 12.5. The molecule has 27 heavy (non-hydrogen) atoms. The summed E-state index contributed by atoms with van der Waals surface area (Å²) in [5.74, 6) is 0.0276. The number of benzene rings is 1. The number of halogens is 1. The van der Waals surface area contributed by atoms with Crippen molar-refractivity contribution >= 4 is 27.5 Å². The first kappa shape index (κ1) is 22.0. The van der Waals surface area contributed by atoms with Gasteiger partial charge in [-0.25, -0.2) is 8.42 Å². The van der Waals surface area contributed by atoms with Crippen molar-refractivity contribution in [2.75, 3.05) is 26.2 Å². The van der Waals surface area contributed by atoms with E-state index in [0.717, 1.165) is 0 Å². The Balaban J connectivity index is 2.12. The molecule has 0 unspecified atom stereocenters. The Hall–Kier alpha value is -1.31. The molecule has 0 aromatic heterocycles. The fourth-order valence-corrected chi connectivity index (χ4v) is 4.79. The molecule has 0 bridgehead atoms. The quantitative estimate of drug-likeness (QED) is 0.771. The lowest BCUT2D eigenvalue weighted by molar-refractivity contribution is -0.126. The number of carbonyl (C=O) groups excluding carboxylic acids is 1. The third-order valence-electron chi connectivity index (χ3n) is 4.39. The molecule has 0 spiro atoms. The zero-order valence-electron chi connectivity index (χ0n) is 16.4. The van der Waals surface area contributed by atoms with Crippen LogP contribution in [0.1, 0.15) is 40.5 Å². The Morgan fingerprint density at radius 3 is 2.67 bits per heavy atom. The molecule has 1 aromatic rings. The second kappa shape index (κ2) is 8.80. The van der Waals surface area contributed by atoms with Crippen molar-refractivity contribution in [1.82, 2.24) is 9.62 Å². The molecule has 1 saturated heterocycles. The molecule has 1 heterocycles. The van der Waals surface area contributed by atoms with Crippen LogP contribution in [0.15, 0.2) is 23.1 Å². The van der Waals surface area contributed by atoms with Crippen LogP contribution in [-0.4, -0.2) is 44.9 Å². The van der Waals surface area contributed by atoms with Crippen molar-refractivity contribution in [3.63, 3.8) is 0 Å². The Labute approximate surface area is 167 Å². The Morgan fingerprint density at radius 2 is 2.07 bits per heavy atom. The van der Waals surface area contributed by atoms with E-state index in [0.29, 0.717) is 38.3 Å². The van der Waals surface area contributed by atoms with Crippen LogP contribution in [0, 0.1) is 11.3 Å². The average Bonchev–Trinajstić information content (AvgIpc) is 2.61. The molecule has 0 aliphatic carbocycles. The maximum absolute atomic E-state index is 13.0. The average molecular weight is 417 g/mol. The third-order valence-corrected chi connectivity index (χ3v) is 6.55. The smallest absolute Gasteiger partial charge is 0.243 e. The summed E-state index contributed by atoms with van der Waals surface area (Å²) in [6, 6.07) is 4.47. The van der Waals surface area contributed by atoms with Crippen LogP contribution in [0.4, 0.5) is 0 Å². The highest BCUT2D eigenvalue weighted by Crippen LogP contribution is 2.30. The molecule has 1 aromatic carbocycles. The number of nitrogens with zero attached hydrogens (tertiary/aromatic N) is 1. The van der Waals surface area contributed by atoms with Crippen molar-refractivity contribution in [2.24, 2.45) is 11.3 Å². The van der Waals surface area contributed by atoms with Gasteiger partial charge in [0.1, 0.15) is 5.75 Å². The Bertz CT molecular complexity index is 774. The predicted molar refractivity (Wildman–Crippen MR) is 107 cm³/mol. The van der Waals surface area contributed by atoms with Crippen LogP contribution in [0.2, 0.25) is 5.02 Å². The molecule has 1 N–H and O–H groups in total. The van der Waals surface area contributed by atoms with Gasteiger partial charge in [-0.2, -0.15) is 4.31 Å². The van der Waals surface area contributed by atoms with Gasteiger partial charge in [0, 0.05) is 19.6 Å². The molecule has 1 amide bonds. The molecule has 1 fully saturated rings. The van der Waals surface area contributed by atoms with Crippen LogP contribution >= 0.6 is 11.6 Å². The van der Waals surface area contributed by atoms with Gasteiger partial charge >= 0.3 is 0 Å². The summed E-state index contributed by atoms with van der Waals surface area (Å²) >= 11 is 6.14. The second-order valence-corrected chi connectivity index (χ2v) is 10.4. The standard InChI is InChI=1S/C19H29ClN2O4S/c1-5-26-17-9-8-15(11-16(17)20)27(24,25)22-10-6-7-14(12-22)18(23)21-13-19(2,3)4/h8-9,11,14H,5-7,10,12-13H2,1-4H3,(H,21,23)/t14-/m0/s1. The number of ether oxygens (including phenoxy) is 1. The second-order valence-electron chi connectivity index (χ2n) is 8.01. The van der Waals surface area contributed by atoms with Crippen molar-refractivity contribution in [3.05, 3.63) is 23.2 Å². The van der Waals surface area contributed by atoms with Crippen LogP contribution in [0.3, 0.4) is 0 Å². The van der Waals surface area contributed by atoms with Gasteiger partial charge in [0.25, 0.3) is 0 Å². The molecule has 0 radical (unpaired) electrons. The Morgan fingerprint density at radius 1 is 1.37 bits per heavy atom. The van der Waals surface area contributed by atoms with Gasteiger partial charge in [0.05, 0.1) is 22.4 Å². The molecule has 6 nitrogen and oxygen atoms in total. The summed E-state index contributed by atoms with van der Waals surface area (Å²) in [4.78, 5) is 12.6. The monoisotopic (exact) mass is 416 g/mol. The molecule has 2 rings (SSSR count). The number of carbonyl (C=O) groups is 1. The van der Waals surface area contributed by atoms with Gasteiger partial charge in [0.2, 0.25) is 15.9 Å². The summed E-state index contributed by atoms with van der Waals surface area (Å²) in [5.41, 5.74) is -0.0187. The maximum atomic E-state index is 13.0. The van der Waals surface area contributed by atoms with E-state index >= 15 is 0 Å². The normalized spacial score (nSPS) is 18.9. The minimum absolute atomic E-state index is 0.0187. The minimum Gasteiger partial charge on any atom is -0.492 e. The topological polar surface area (TPSA) is 75.7 Å². The number of sulfonamides is 1. The molecule has 1 aliphatic rings. The van der Waals surface area contributed by atoms with E-state index in [1.807, 2.05) is 27.7 Å². The Kier molecular flexibility index (Phi) is 7.16. The summed E-state index contributed by atoms with van der Waals surface area (Å²) in [6.07, 6.45) is 1.34. The van der Waals surface area contributed by atoms with Crippen molar-refractivity contribution < 1.29 is 17.9 Å². The summed E-state index contributed by atoms with van der Waals surface area (Å²) in [7, 11) is -3.71. The van der Waals surface area contributed by atoms with Crippen LogP contribution in [-0.2, 0) is 14.8 Å². The van der Waals surface area contributed by atoms with Crippen LogP contribution in [0.25, 0.3) is 0 Å². The number of rotatable bonds is 6. The first-order valence-corrected chi connectivity index (χ1v) is 11.1. The van der Waals surface area contributed by atoms with E-state index in [2.05, 4.69) is 5.32 Å². The lowest BCUT2D eigenvalue weighted by atomic mass is 9.95. The summed E-state index contributed by atoms with van der Waals surface area (Å²) in [5, 5.41) is 3.20. The first-order valence-electron chi connectivity index (χ1n) is 9.25. The van der Waals surface area contributed by atoms with Crippen LogP contribution < -0.4 is 10.1 Å². The zero-order chi connectivity index (χ0) is 20.2. The number of hydrogen-bond donors (Lipinski definition) is 1. The molecule has 8 heteroatoms. The highest BCUT2D eigenvalue weighted by molar-refractivity contribution is 7.89. The van der Waals surface area contributed by atoms with Crippen molar-refractivity contribution in [1.29, 1.82) is 0 Å². The van der Waals surface area contributed by atoms with E-state index in [9.17, 15) is 13.2 Å². The zero-order valence-corrected chi connectivity index (χ0v) is 18.0. The third kappa shape index (κ3) is 5.83. The van der Waals surface area contributed by atoms with E-state index in [1.165, 1.54) is 16.4 Å². The van der Waals surface area contributed by atoms with Gasteiger partial charge in [-0.3, -0.25) is 4.79 Å². The lowest BCUT2D eigenvalue weighted by Gasteiger charge is -2.32. The van der Waals surface area contributed by atoms with Gasteiger partial charge in [0.15, 0.2) is 0 Å². The molecule has 152 valence electrons. The molecule has 1 aliphatic heterocycles. The van der Waals surface area contributed by atoms with E-state index < -0.39 is 10.0 Å². The van der Waals surface area contributed by atoms with E-state index in [4.69, 9.17) is 16.3 Å². The van der Waals surface area contributed by atoms with Crippen molar-refractivity contribution in [3.8, 4) is 5.75 Å². The van der Waals surface area contributed by atoms with Gasteiger partial charge in [-0.15, -0.1) is 0 Å². The molecule has 0 saturated carbocycles. The predicted octanol–water partition coefficient (Wildman–Crippen LogP) is 3.30. The summed E-state index contributed by atoms with van der Waals surface area (Å²) < 4.78 is 32.7. The number of piperidine rings is 1. The fraction of sp³-hybridized carbons (Fsp3) is 0.632. The number of nitrogens with one attached hydrogen (secondary N) is 1. The van der Waals surface area contributed by atoms with Gasteiger partial charge in [-0.05, 0) is 43.4 Å². The van der Waals surface area contributed by atoms with Gasteiger partial charge < -0.3 is 10.1 Å². The number of hydrogen-bond acceptors (Lipinski definition) is 4. The SMILES string of the molecule is CCOc1ccc(S(=O)(=O)N2CCC[C@H](C(=O)NCC(C)(C)C)C2)cc1Cl. The summed E-state index contributed by atoms with van der Waals surface area (Å²) in [6.45, 7) is 9.55. The van der Waals surface area contributed by atoms with E-state index in [1.54, 1.807) is 6.07 Å². The minimum atomic E-state index is -3.71. The van der Waals surface area contributed by atoms with Crippen LogP contribution in [0.5, 0.6) is 5.75 Å². The van der Waals surface area contributed by atoms with Gasteiger partial charge in [-0.1, -0.05) is 32.4 Å². The molecular formula is C19H29ClN2O4S. The van der Waals surface area contributed by atoms with E-state index in [-0.39, 0.29) is 33.7 Å². The largest absolute Gasteiger partial charge is 0.492 e. The highest BCUT2D eigenvalue weighted by Gasteiger charge is 2.33. The lowest BCUT2D eigenvalue weighted by Crippen LogP contribution is -2.46. The van der Waals surface area contributed by atoms with Crippen molar-refractivity contribution in [2.45, 2.75) is 45.4 Å². The maximum Gasteiger partial charge on any atom is 0.243 e. The molecule has 1 atom stereocenters. The number of amides is 1. The fourth-order valence-electron chi connectivity index (χ4n) is 2.94. The molecular weight excluding hydrogens is 388 g/mol. The highest BCUT2D eigenvalue weighted by atomic mass is 35.5.